The van der Waals surface area contributed by atoms with E-state index in [0.29, 0.717) is 0 Å². The van der Waals surface area contributed by atoms with Crippen molar-refractivity contribution in [3.05, 3.63) is 30.3 Å². The molecule has 0 radical (unpaired) electrons. The molecule has 1 rings (SSSR count). The SMILES string of the molecule is CCCCN(CC(C)(C)N)c1ccccc1. The molecule has 0 fully saturated rings. The Morgan fingerprint density at radius 3 is 2.31 bits per heavy atom. The van der Waals surface area contributed by atoms with Gasteiger partial charge < -0.3 is 10.6 Å². The van der Waals surface area contributed by atoms with Gasteiger partial charge in [0.2, 0.25) is 0 Å². The lowest BCUT2D eigenvalue weighted by molar-refractivity contribution is 0.501. The van der Waals surface area contributed by atoms with Crippen molar-refractivity contribution in [2.45, 2.75) is 39.2 Å². The lowest BCUT2D eigenvalue weighted by Gasteiger charge is -2.31. The molecule has 0 saturated carbocycles. The minimum atomic E-state index is -0.149. The molecular weight excluding hydrogens is 196 g/mol. The van der Waals surface area contributed by atoms with Crippen LogP contribution < -0.4 is 10.6 Å². The van der Waals surface area contributed by atoms with Crippen LogP contribution in [0.25, 0.3) is 0 Å². The van der Waals surface area contributed by atoms with Crippen LogP contribution in [0.1, 0.15) is 33.6 Å². The zero-order valence-corrected chi connectivity index (χ0v) is 10.7. The number of anilines is 1. The third kappa shape index (κ3) is 4.67. The summed E-state index contributed by atoms with van der Waals surface area (Å²) in [5, 5.41) is 0. The van der Waals surface area contributed by atoms with Crippen molar-refractivity contribution in [2.24, 2.45) is 5.73 Å². The van der Waals surface area contributed by atoms with Crippen LogP contribution in [0.2, 0.25) is 0 Å². The highest BCUT2D eigenvalue weighted by atomic mass is 15.1. The van der Waals surface area contributed by atoms with Crippen LogP contribution in [0.4, 0.5) is 5.69 Å². The first-order valence-corrected chi connectivity index (χ1v) is 6.12. The number of para-hydroxylation sites is 1. The van der Waals surface area contributed by atoms with E-state index in [1.807, 2.05) is 0 Å². The van der Waals surface area contributed by atoms with E-state index in [-0.39, 0.29) is 5.54 Å². The minimum absolute atomic E-state index is 0.149. The second-order valence-electron chi connectivity index (χ2n) is 5.10. The van der Waals surface area contributed by atoms with Crippen molar-refractivity contribution in [3.8, 4) is 0 Å². The van der Waals surface area contributed by atoms with Gasteiger partial charge in [-0.3, -0.25) is 0 Å². The highest BCUT2D eigenvalue weighted by Crippen LogP contribution is 2.16. The maximum Gasteiger partial charge on any atom is 0.0366 e. The predicted molar refractivity (Wildman–Crippen MR) is 71.8 cm³/mol. The van der Waals surface area contributed by atoms with Crippen LogP contribution in [0.3, 0.4) is 0 Å². The molecule has 0 bridgehead atoms. The van der Waals surface area contributed by atoms with E-state index in [4.69, 9.17) is 5.73 Å². The molecule has 0 saturated heterocycles. The van der Waals surface area contributed by atoms with E-state index in [0.717, 1.165) is 13.1 Å². The van der Waals surface area contributed by atoms with Crippen LogP contribution in [-0.4, -0.2) is 18.6 Å². The fourth-order valence-electron chi connectivity index (χ4n) is 1.78. The van der Waals surface area contributed by atoms with Gasteiger partial charge in [-0.15, -0.1) is 0 Å². The number of benzene rings is 1. The van der Waals surface area contributed by atoms with Crippen molar-refractivity contribution < 1.29 is 0 Å². The van der Waals surface area contributed by atoms with Crippen molar-refractivity contribution >= 4 is 5.69 Å². The first-order valence-electron chi connectivity index (χ1n) is 6.12. The van der Waals surface area contributed by atoms with Crippen molar-refractivity contribution in [2.75, 3.05) is 18.0 Å². The van der Waals surface area contributed by atoms with Gasteiger partial charge in [-0.1, -0.05) is 31.5 Å². The molecular formula is C14H24N2. The summed E-state index contributed by atoms with van der Waals surface area (Å²) in [6.45, 7) is 8.36. The Kier molecular flexibility index (Phi) is 4.81. The monoisotopic (exact) mass is 220 g/mol. The molecule has 1 aromatic carbocycles. The second-order valence-corrected chi connectivity index (χ2v) is 5.10. The average molecular weight is 220 g/mol. The zero-order valence-electron chi connectivity index (χ0n) is 10.7. The van der Waals surface area contributed by atoms with Gasteiger partial charge in [-0.05, 0) is 32.4 Å². The summed E-state index contributed by atoms with van der Waals surface area (Å²) in [5.74, 6) is 0. The summed E-state index contributed by atoms with van der Waals surface area (Å²) in [6.07, 6.45) is 2.43. The Morgan fingerprint density at radius 1 is 1.19 bits per heavy atom. The fourth-order valence-corrected chi connectivity index (χ4v) is 1.78. The number of nitrogens with two attached hydrogens (primary N) is 1. The number of unbranched alkanes of at least 4 members (excludes halogenated alkanes) is 1. The van der Waals surface area contributed by atoms with E-state index in [9.17, 15) is 0 Å². The molecule has 0 atom stereocenters. The molecule has 0 unspecified atom stereocenters. The van der Waals surface area contributed by atoms with Crippen LogP contribution in [0.5, 0.6) is 0 Å². The summed E-state index contributed by atoms with van der Waals surface area (Å²) in [4.78, 5) is 2.38. The summed E-state index contributed by atoms with van der Waals surface area (Å²) in [7, 11) is 0. The first kappa shape index (κ1) is 13.0. The molecule has 0 spiro atoms. The third-order valence-electron chi connectivity index (χ3n) is 2.50. The second kappa shape index (κ2) is 5.90. The van der Waals surface area contributed by atoms with Gasteiger partial charge in [-0.25, -0.2) is 0 Å². The Hall–Kier alpha value is -1.02. The molecule has 16 heavy (non-hydrogen) atoms. The zero-order chi connectivity index (χ0) is 12.0. The van der Waals surface area contributed by atoms with Gasteiger partial charge in [0, 0.05) is 24.3 Å². The van der Waals surface area contributed by atoms with Gasteiger partial charge in [-0.2, -0.15) is 0 Å². The molecule has 0 aliphatic heterocycles. The molecule has 2 heteroatoms. The topological polar surface area (TPSA) is 29.3 Å². The van der Waals surface area contributed by atoms with Gasteiger partial charge in [0.1, 0.15) is 0 Å². The Labute approximate surface area is 99.5 Å². The van der Waals surface area contributed by atoms with E-state index in [1.165, 1.54) is 18.5 Å². The number of rotatable bonds is 6. The molecule has 0 aliphatic carbocycles. The molecule has 1 aromatic rings. The molecule has 0 aromatic heterocycles. The van der Waals surface area contributed by atoms with Crippen molar-refractivity contribution in [1.29, 1.82) is 0 Å². The highest BCUT2D eigenvalue weighted by Gasteiger charge is 2.16. The highest BCUT2D eigenvalue weighted by molar-refractivity contribution is 5.46. The third-order valence-corrected chi connectivity index (χ3v) is 2.50. The number of hydrogen-bond donors (Lipinski definition) is 1. The molecule has 2 nitrogen and oxygen atoms in total. The van der Waals surface area contributed by atoms with Gasteiger partial charge >= 0.3 is 0 Å². The van der Waals surface area contributed by atoms with Crippen LogP contribution in [-0.2, 0) is 0 Å². The van der Waals surface area contributed by atoms with Crippen LogP contribution in [0, 0.1) is 0 Å². The van der Waals surface area contributed by atoms with E-state index >= 15 is 0 Å². The van der Waals surface area contributed by atoms with Gasteiger partial charge in [0.05, 0.1) is 0 Å². The summed E-state index contributed by atoms with van der Waals surface area (Å²) < 4.78 is 0. The van der Waals surface area contributed by atoms with Crippen molar-refractivity contribution in [3.63, 3.8) is 0 Å². The average Bonchev–Trinajstić information content (AvgIpc) is 2.24. The number of hydrogen-bond acceptors (Lipinski definition) is 2. The molecule has 0 heterocycles. The van der Waals surface area contributed by atoms with E-state index < -0.39 is 0 Å². The van der Waals surface area contributed by atoms with Gasteiger partial charge in [0.25, 0.3) is 0 Å². The molecule has 0 amide bonds. The van der Waals surface area contributed by atoms with E-state index in [2.05, 4.69) is 56.0 Å². The largest absolute Gasteiger partial charge is 0.370 e. The Morgan fingerprint density at radius 2 is 1.81 bits per heavy atom. The first-order chi connectivity index (χ1) is 7.53. The predicted octanol–water partition coefficient (Wildman–Crippen LogP) is 3.03. The van der Waals surface area contributed by atoms with E-state index in [1.54, 1.807) is 0 Å². The van der Waals surface area contributed by atoms with Crippen LogP contribution >= 0.6 is 0 Å². The van der Waals surface area contributed by atoms with Gasteiger partial charge in [0.15, 0.2) is 0 Å². The number of nitrogens with zero attached hydrogens (tertiary/aromatic N) is 1. The van der Waals surface area contributed by atoms with Crippen LogP contribution in [0.15, 0.2) is 30.3 Å². The standard InChI is InChI=1S/C14H24N2/c1-4-5-11-16(12-14(2,3)15)13-9-7-6-8-10-13/h6-10H,4-5,11-12,15H2,1-3H3. The van der Waals surface area contributed by atoms with Crippen molar-refractivity contribution in [1.82, 2.24) is 0 Å². The lowest BCUT2D eigenvalue weighted by atomic mass is 10.1. The maximum absolute atomic E-state index is 6.10. The molecule has 90 valence electrons. The Balaban J connectivity index is 2.71. The summed E-state index contributed by atoms with van der Waals surface area (Å²) >= 11 is 0. The maximum atomic E-state index is 6.10. The molecule has 0 aliphatic rings. The normalized spacial score (nSPS) is 11.5. The quantitative estimate of drug-likeness (QED) is 0.798. The summed E-state index contributed by atoms with van der Waals surface area (Å²) in [6, 6.07) is 10.5. The minimum Gasteiger partial charge on any atom is -0.370 e. The summed E-state index contributed by atoms with van der Waals surface area (Å²) in [5.41, 5.74) is 7.23. The lowest BCUT2D eigenvalue weighted by Crippen LogP contribution is -2.45. The Bertz CT molecular complexity index is 287. The molecule has 2 N–H and O–H groups in total. The smallest absolute Gasteiger partial charge is 0.0366 e. The fraction of sp³-hybridized carbons (Fsp3) is 0.571.